The summed E-state index contributed by atoms with van der Waals surface area (Å²) in [6.07, 6.45) is 0.720. The number of amides is 2. The molecule has 0 saturated carbocycles. The summed E-state index contributed by atoms with van der Waals surface area (Å²) in [5.74, 6) is -0.371. The number of hydrogen-bond donors (Lipinski definition) is 2. The standard InChI is InChI=1S/C28H35N5O5S/c1-19-4-5-20-15-25(30-24(20)14-19)23-16-22(6-7-26(23)33-9-8-21(17-33)28(35)29-2)39(36,37)31(3)18-27(34)32-10-12-38-13-11-32/h4-7,14-16,21,30H,8-13,17-18H2,1-3H3,(H,29,35). The molecule has 3 heterocycles. The van der Waals surface area contributed by atoms with Crippen LogP contribution in [0.15, 0.2) is 47.4 Å². The zero-order chi connectivity index (χ0) is 27.7. The van der Waals surface area contributed by atoms with Gasteiger partial charge >= 0.3 is 0 Å². The Morgan fingerprint density at radius 2 is 1.87 bits per heavy atom. The maximum absolute atomic E-state index is 13.6. The minimum absolute atomic E-state index is 0.00546. The van der Waals surface area contributed by atoms with E-state index in [4.69, 9.17) is 4.74 Å². The first-order valence-corrected chi connectivity index (χ1v) is 14.6. The lowest BCUT2D eigenvalue weighted by atomic mass is 10.1. The molecule has 11 heteroatoms. The van der Waals surface area contributed by atoms with E-state index < -0.39 is 10.0 Å². The molecule has 2 N–H and O–H groups in total. The van der Waals surface area contributed by atoms with Gasteiger partial charge in [-0.2, -0.15) is 4.31 Å². The number of carbonyl (C=O) groups is 2. The highest BCUT2D eigenvalue weighted by Gasteiger charge is 2.31. The minimum atomic E-state index is -3.95. The van der Waals surface area contributed by atoms with Gasteiger partial charge in [-0.05, 0) is 49.2 Å². The summed E-state index contributed by atoms with van der Waals surface area (Å²) >= 11 is 0. The number of anilines is 1. The van der Waals surface area contributed by atoms with E-state index in [1.807, 2.05) is 31.2 Å². The van der Waals surface area contributed by atoms with Gasteiger partial charge in [0.1, 0.15) is 0 Å². The lowest BCUT2D eigenvalue weighted by Crippen LogP contribution is -2.46. The topological polar surface area (TPSA) is 115 Å². The smallest absolute Gasteiger partial charge is 0.243 e. The van der Waals surface area contributed by atoms with Crippen LogP contribution < -0.4 is 10.2 Å². The fourth-order valence-electron chi connectivity index (χ4n) is 5.32. The third kappa shape index (κ3) is 5.52. The Kier molecular flexibility index (Phi) is 7.66. The van der Waals surface area contributed by atoms with Crippen LogP contribution in [-0.2, 0) is 24.3 Å². The van der Waals surface area contributed by atoms with E-state index in [0.29, 0.717) is 39.4 Å². The van der Waals surface area contributed by atoms with Crippen LogP contribution in [0.2, 0.25) is 0 Å². The molecule has 0 bridgehead atoms. The molecule has 39 heavy (non-hydrogen) atoms. The number of aromatic amines is 1. The van der Waals surface area contributed by atoms with Crippen LogP contribution in [0.1, 0.15) is 12.0 Å². The summed E-state index contributed by atoms with van der Waals surface area (Å²) in [5.41, 5.74) is 4.46. The van der Waals surface area contributed by atoms with Crippen LogP contribution in [0.4, 0.5) is 5.69 Å². The number of H-pyrrole nitrogens is 1. The SMILES string of the molecule is CNC(=O)C1CCN(c2ccc(S(=O)(=O)N(C)CC(=O)N3CCOCC3)cc2-c2cc3ccc(C)cc3[nH]2)C1. The Bertz CT molecular complexity index is 1500. The highest BCUT2D eigenvalue weighted by atomic mass is 32.2. The number of nitrogens with zero attached hydrogens (tertiary/aromatic N) is 3. The largest absolute Gasteiger partial charge is 0.378 e. The summed E-state index contributed by atoms with van der Waals surface area (Å²) in [5, 5.41) is 3.76. The number of morpholine rings is 1. The number of aryl methyl sites for hydroxylation is 1. The van der Waals surface area contributed by atoms with Gasteiger partial charge in [0.15, 0.2) is 0 Å². The summed E-state index contributed by atoms with van der Waals surface area (Å²) in [6, 6.07) is 13.2. The van der Waals surface area contributed by atoms with Gasteiger partial charge < -0.3 is 24.8 Å². The molecule has 0 radical (unpaired) electrons. The molecule has 5 rings (SSSR count). The number of nitrogens with one attached hydrogen (secondary N) is 2. The van der Waals surface area contributed by atoms with Crippen molar-refractivity contribution in [2.45, 2.75) is 18.2 Å². The fraction of sp³-hybridized carbons (Fsp3) is 0.429. The molecule has 2 fully saturated rings. The minimum Gasteiger partial charge on any atom is -0.378 e. The van der Waals surface area contributed by atoms with Gasteiger partial charge in [-0.1, -0.05) is 12.1 Å². The second-order valence-electron chi connectivity index (χ2n) is 10.3. The number of rotatable bonds is 7. The highest BCUT2D eigenvalue weighted by Crippen LogP contribution is 2.37. The maximum atomic E-state index is 13.6. The quantitative estimate of drug-likeness (QED) is 0.464. The van der Waals surface area contributed by atoms with Gasteiger partial charge in [0.05, 0.1) is 30.6 Å². The van der Waals surface area contributed by atoms with Gasteiger partial charge in [0.2, 0.25) is 21.8 Å². The van der Waals surface area contributed by atoms with Crippen molar-refractivity contribution in [2.75, 3.05) is 64.9 Å². The van der Waals surface area contributed by atoms with Crippen LogP contribution >= 0.6 is 0 Å². The molecule has 2 aliphatic rings. The third-order valence-corrected chi connectivity index (χ3v) is 9.41. The zero-order valence-electron chi connectivity index (χ0n) is 22.6. The van der Waals surface area contributed by atoms with E-state index in [-0.39, 0.29) is 29.2 Å². The third-order valence-electron chi connectivity index (χ3n) is 7.61. The van der Waals surface area contributed by atoms with Crippen molar-refractivity contribution in [3.8, 4) is 11.3 Å². The van der Waals surface area contributed by atoms with Gasteiger partial charge in [0, 0.05) is 68.1 Å². The van der Waals surface area contributed by atoms with Crippen molar-refractivity contribution in [1.82, 2.24) is 19.5 Å². The van der Waals surface area contributed by atoms with E-state index in [0.717, 1.165) is 44.1 Å². The second-order valence-corrected chi connectivity index (χ2v) is 12.3. The predicted molar refractivity (Wildman–Crippen MR) is 150 cm³/mol. The van der Waals surface area contributed by atoms with E-state index in [1.54, 1.807) is 24.1 Å². The Morgan fingerprint density at radius 1 is 1.10 bits per heavy atom. The van der Waals surface area contributed by atoms with Crippen LogP contribution in [0.5, 0.6) is 0 Å². The highest BCUT2D eigenvalue weighted by molar-refractivity contribution is 7.89. The molecule has 2 aliphatic heterocycles. The average Bonchev–Trinajstić information content (AvgIpc) is 3.60. The Hall–Kier alpha value is -3.41. The van der Waals surface area contributed by atoms with Gasteiger partial charge in [-0.3, -0.25) is 9.59 Å². The summed E-state index contributed by atoms with van der Waals surface area (Å²) < 4.78 is 33.6. The Labute approximate surface area is 229 Å². The lowest BCUT2D eigenvalue weighted by Gasteiger charge is -2.28. The molecular weight excluding hydrogens is 518 g/mol. The number of ether oxygens (including phenoxy) is 1. The lowest BCUT2D eigenvalue weighted by molar-refractivity contribution is -0.135. The Morgan fingerprint density at radius 3 is 2.62 bits per heavy atom. The van der Waals surface area contributed by atoms with Crippen molar-refractivity contribution in [3.05, 3.63) is 48.0 Å². The van der Waals surface area contributed by atoms with Crippen LogP contribution in [0.25, 0.3) is 22.2 Å². The van der Waals surface area contributed by atoms with Gasteiger partial charge in [-0.15, -0.1) is 0 Å². The summed E-state index contributed by atoms with van der Waals surface area (Å²) in [4.78, 5) is 32.4. The monoisotopic (exact) mass is 553 g/mol. The van der Waals surface area contributed by atoms with Crippen molar-refractivity contribution in [2.24, 2.45) is 5.92 Å². The fourth-order valence-corrected chi connectivity index (χ4v) is 6.47. The van der Waals surface area contributed by atoms with Crippen LogP contribution in [-0.4, -0.2) is 94.5 Å². The number of hydrogen-bond acceptors (Lipinski definition) is 6. The van der Waals surface area contributed by atoms with Crippen molar-refractivity contribution < 1.29 is 22.7 Å². The molecule has 10 nitrogen and oxygen atoms in total. The first kappa shape index (κ1) is 27.2. The van der Waals surface area contributed by atoms with E-state index in [2.05, 4.69) is 21.3 Å². The van der Waals surface area contributed by atoms with Gasteiger partial charge in [-0.25, -0.2) is 8.42 Å². The first-order chi connectivity index (χ1) is 18.7. The second kappa shape index (κ2) is 11.0. The molecule has 2 aromatic carbocycles. The van der Waals surface area contributed by atoms with Gasteiger partial charge in [0.25, 0.3) is 0 Å². The van der Waals surface area contributed by atoms with Crippen molar-refractivity contribution in [3.63, 3.8) is 0 Å². The maximum Gasteiger partial charge on any atom is 0.243 e. The average molecular weight is 554 g/mol. The summed E-state index contributed by atoms with van der Waals surface area (Å²) in [7, 11) is -0.877. The molecule has 208 valence electrons. The molecular formula is C28H35N5O5S. The normalized spacial score (nSPS) is 18.2. The molecule has 2 saturated heterocycles. The van der Waals surface area contributed by atoms with Crippen molar-refractivity contribution in [1.29, 1.82) is 0 Å². The molecule has 0 aliphatic carbocycles. The number of aromatic nitrogens is 1. The molecule has 0 spiro atoms. The number of sulfonamides is 1. The number of likely N-dealkylation sites (N-methyl/N-ethyl adjacent to an activating group) is 1. The summed E-state index contributed by atoms with van der Waals surface area (Å²) in [6.45, 7) is 4.83. The molecule has 3 aromatic rings. The van der Waals surface area contributed by atoms with E-state index in [9.17, 15) is 18.0 Å². The first-order valence-electron chi connectivity index (χ1n) is 13.2. The van der Waals surface area contributed by atoms with Crippen LogP contribution in [0, 0.1) is 12.8 Å². The van der Waals surface area contributed by atoms with Crippen molar-refractivity contribution >= 4 is 38.4 Å². The predicted octanol–water partition coefficient (Wildman–Crippen LogP) is 2.19. The number of benzene rings is 2. The number of fused-ring (bicyclic) bond motifs is 1. The molecule has 1 unspecified atom stereocenters. The molecule has 2 amide bonds. The Balaban J connectivity index is 1.50. The zero-order valence-corrected chi connectivity index (χ0v) is 23.4. The van der Waals surface area contributed by atoms with E-state index in [1.165, 1.54) is 7.05 Å². The number of carbonyl (C=O) groups excluding carboxylic acids is 2. The van der Waals surface area contributed by atoms with E-state index >= 15 is 0 Å². The molecule has 1 atom stereocenters. The van der Waals surface area contributed by atoms with Crippen LogP contribution in [0.3, 0.4) is 0 Å². The molecule has 1 aromatic heterocycles.